The lowest BCUT2D eigenvalue weighted by Gasteiger charge is -2.41. The second-order valence-corrected chi connectivity index (χ2v) is 14.4. The van der Waals surface area contributed by atoms with Crippen molar-refractivity contribution in [2.24, 2.45) is 0 Å². The van der Waals surface area contributed by atoms with Crippen molar-refractivity contribution in [1.82, 2.24) is 24.2 Å². The molecule has 1 saturated heterocycles. The Bertz CT molecular complexity index is 1720. The number of fused-ring (bicyclic) bond motifs is 2. The molecule has 274 valence electrons. The van der Waals surface area contributed by atoms with Crippen LogP contribution in [0.3, 0.4) is 0 Å². The fourth-order valence-corrected chi connectivity index (χ4v) is 8.06. The van der Waals surface area contributed by atoms with Crippen molar-refractivity contribution in [3.05, 3.63) is 81.5 Å². The molecule has 10 nitrogen and oxygen atoms in total. The molecule has 3 amide bonds. The van der Waals surface area contributed by atoms with Crippen LogP contribution in [-0.2, 0) is 37.2 Å². The average molecular weight is 698 g/mol. The van der Waals surface area contributed by atoms with Gasteiger partial charge >= 0.3 is 6.09 Å². The average Bonchev–Trinajstić information content (AvgIpc) is 3.49. The first-order chi connectivity index (χ1) is 24.7. The third-order valence-corrected chi connectivity index (χ3v) is 11.1. The molecular weight excluding hydrogens is 642 g/mol. The number of amides is 3. The predicted molar refractivity (Wildman–Crippen MR) is 199 cm³/mol. The van der Waals surface area contributed by atoms with E-state index in [1.165, 1.54) is 10.5 Å². The van der Waals surface area contributed by atoms with Gasteiger partial charge in [0, 0.05) is 87.5 Å². The molecule has 0 radical (unpaired) electrons. The minimum absolute atomic E-state index is 0.0348. The van der Waals surface area contributed by atoms with E-state index in [0.717, 1.165) is 98.5 Å². The van der Waals surface area contributed by atoms with E-state index >= 15 is 4.79 Å². The SMILES string of the molecule is CCCCN(CCCC)C(=O)c1cc(-c2cc3c(cc2C(=O)N2Cc4ccccc4C[C@H]2CN2CCOCC2)CN(C(=O)O)CC3)n(CC)c1C. The van der Waals surface area contributed by atoms with Crippen molar-refractivity contribution >= 4 is 17.9 Å². The molecule has 1 atom stereocenters. The Hall–Kier alpha value is -4.15. The highest BCUT2D eigenvalue weighted by Gasteiger charge is 2.35. The summed E-state index contributed by atoms with van der Waals surface area (Å²) in [5, 5.41) is 9.87. The highest BCUT2D eigenvalue weighted by atomic mass is 16.5. The molecule has 0 unspecified atom stereocenters. The Morgan fingerprint density at radius 3 is 2.24 bits per heavy atom. The van der Waals surface area contributed by atoms with E-state index in [0.29, 0.717) is 50.4 Å². The number of hydrogen-bond acceptors (Lipinski definition) is 5. The molecule has 0 saturated carbocycles. The summed E-state index contributed by atoms with van der Waals surface area (Å²) in [6.07, 6.45) is 4.33. The molecule has 0 spiro atoms. The van der Waals surface area contributed by atoms with E-state index in [4.69, 9.17) is 4.74 Å². The van der Waals surface area contributed by atoms with E-state index in [1.54, 1.807) is 0 Å². The summed E-state index contributed by atoms with van der Waals surface area (Å²) < 4.78 is 7.81. The summed E-state index contributed by atoms with van der Waals surface area (Å²) in [6.45, 7) is 15.5. The fourth-order valence-electron chi connectivity index (χ4n) is 8.06. The summed E-state index contributed by atoms with van der Waals surface area (Å²) in [5.41, 5.74) is 8.16. The maximum absolute atomic E-state index is 15.2. The predicted octanol–water partition coefficient (Wildman–Crippen LogP) is 6.46. The van der Waals surface area contributed by atoms with Crippen LogP contribution in [-0.4, -0.2) is 106 Å². The molecule has 1 fully saturated rings. The lowest BCUT2D eigenvalue weighted by molar-refractivity contribution is 0.0193. The minimum Gasteiger partial charge on any atom is -0.465 e. The highest BCUT2D eigenvalue weighted by molar-refractivity contribution is 6.03. The summed E-state index contributed by atoms with van der Waals surface area (Å²) in [4.78, 5) is 49.3. The first-order valence-electron chi connectivity index (χ1n) is 19.0. The van der Waals surface area contributed by atoms with Gasteiger partial charge in [-0.2, -0.15) is 0 Å². The van der Waals surface area contributed by atoms with Crippen LogP contribution >= 0.6 is 0 Å². The number of ether oxygens (including phenoxy) is 1. The standard InChI is InChI=1S/C41H55N5O5/c1-5-8-15-43(16-9-6-2)39(47)35-25-38(45(7-3)29(35)4)36-23-31-14-17-44(41(49)50)26-33(31)24-37(36)40(48)46-27-32-13-11-10-12-30(32)22-34(46)28-42-18-20-51-21-19-42/h10-13,23-25,34H,5-9,14-22,26-28H2,1-4H3,(H,49,50)/t34-/m0/s1. The molecule has 1 aromatic heterocycles. The monoisotopic (exact) mass is 697 g/mol. The zero-order valence-corrected chi connectivity index (χ0v) is 31.0. The molecule has 2 aromatic carbocycles. The quantitative estimate of drug-likeness (QED) is 0.233. The Balaban J connectivity index is 1.45. The minimum atomic E-state index is -0.954. The van der Waals surface area contributed by atoms with Gasteiger partial charge in [-0.1, -0.05) is 51.0 Å². The summed E-state index contributed by atoms with van der Waals surface area (Å²) in [5.74, 6) is -0.0149. The van der Waals surface area contributed by atoms with Crippen LogP contribution in [0.25, 0.3) is 11.3 Å². The maximum Gasteiger partial charge on any atom is 0.407 e. The van der Waals surface area contributed by atoms with Crippen molar-refractivity contribution in [3.63, 3.8) is 0 Å². The van der Waals surface area contributed by atoms with E-state index in [2.05, 4.69) is 54.5 Å². The van der Waals surface area contributed by atoms with Crippen LogP contribution in [0.1, 0.15) is 95.1 Å². The van der Waals surface area contributed by atoms with Gasteiger partial charge in [0.05, 0.1) is 18.8 Å². The fraction of sp³-hybridized carbons (Fsp3) is 0.537. The molecule has 6 rings (SSSR count). The normalized spacial score (nSPS) is 17.6. The van der Waals surface area contributed by atoms with Crippen LogP contribution in [0, 0.1) is 6.92 Å². The Morgan fingerprint density at radius 1 is 0.863 bits per heavy atom. The van der Waals surface area contributed by atoms with Gasteiger partial charge in [0.1, 0.15) is 0 Å². The third kappa shape index (κ3) is 7.87. The number of aromatic nitrogens is 1. The second-order valence-electron chi connectivity index (χ2n) is 14.4. The number of carbonyl (C=O) groups is 3. The van der Waals surface area contributed by atoms with Gasteiger partial charge in [0.15, 0.2) is 0 Å². The first kappa shape index (κ1) is 36.6. The zero-order valence-electron chi connectivity index (χ0n) is 31.0. The van der Waals surface area contributed by atoms with Gasteiger partial charge in [0.25, 0.3) is 11.8 Å². The largest absolute Gasteiger partial charge is 0.465 e. The summed E-state index contributed by atoms with van der Waals surface area (Å²) in [6, 6.07) is 14.4. The third-order valence-electron chi connectivity index (χ3n) is 11.1. The van der Waals surface area contributed by atoms with Crippen LogP contribution < -0.4 is 0 Å². The maximum atomic E-state index is 15.2. The molecule has 4 heterocycles. The molecule has 1 N–H and O–H groups in total. The highest BCUT2D eigenvalue weighted by Crippen LogP contribution is 2.36. The number of unbranched alkanes of at least 4 members (excludes halogenated alkanes) is 2. The zero-order chi connectivity index (χ0) is 36.1. The lowest BCUT2D eigenvalue weighted by Crippen LogP contribution is -2.52. The number of carbonyl (C=O) groups excluding carboxylic acids is 2. The molecule has 3 aliphatic rings. The molecule has 0 bridgehead atoms. The van der Waals surface area contributed by atoms with E-state index in [-0.39, 0.29) is 24.4 Å². The lowest BCUT2D eigenvalue weighted by atomic mass is 9.89. The molecular formula is C41H55N5O5. The number of hydrogen-bond donors (Lipinski definition) is 1. The molecule has 0 aliphatic carbocycles. The van der Waals surface area contributed by atoms with Gasteiger partial charge in [-0.3, -0.25) is 14.5 Å². The molecule has 51 heavy (non-hydrogen) atoms. The van der Waals surface area contributed by atoms with Crippen molar-refractivity contribution in [2.75, 3.05) is 52.5 Å². The van der Waals surface area contributed by atoms with E-state index < -0.39 is 6.09 Å². The van der Waals surface area contributed by atoms with Crippen molar-refractivity contribution < 1.29 is 24.2 Å². The molecule has 10 heteroatoms. The number of nitrogens with zero attached hydrogens (tertiary/aromatic N) is 5. The number of carboxylic acid groups (broad SMARTS) is 1. The van der Waals surface area contributed by atoms with Gasteiger partial charge in [-0.25, -0.2) is 4.79 Å². The summed E-state index contributed by atoms with van der Waals surface area (Å²) >= 11 is 0. The van der Waals surface area contributed by atoms with Gasteiger partial charge in [-0.15, -0.1) is 0 Å². The Labute approximate surface area is 303 Å². The number of morpholine rings is 1. The van der Waals surface area contributed by atoms with Crippen molar-refractivity contribution in [2.45, 2.75) is 91.9 Å². The Morgan fingerprint density at radius 2 is 1.57 bits per heavy atom. The van der Waals surface area contributed by atoms with Crippen molar-refractivity contribution in [1.29, 1.82) is 0 Å². The van der Waals surface area contributed by atoms with E-state index in [1.807, 2.05) is 34.9 Å². The number of benzene rings is 2. The van der Waals surface area contributed by atoms with Crippen LogP contribution in [0.5, 0.6) is 0 Å². The van der Waals surface area contributed by atoms with Gasteiger partial charge < -0.3 is 29.1 Å². The first-order valence-corrected chi connectivity index (χ1v) is 19.0. The molecule has 3 aliphatic heterocycles. The Kier molecular flexibility index (Phi) is 11.8. The smallest absolute Gasteiger partial charge is 0.407 e. The second kappa shape index (κ2) is 16.5. The van der Waals surface area contributed by atoms with Crippen molar-refractivity contribution in [3.8, 4) is 11.3 Å². The topological polar surface area (TPSA) is 98.6 Å². The summed E-state index contributed by atoms with van der Waals surface area (Å²) in [7, 11) is 0. The van der Waals surface area contributed by atoms with Crippen LogP contribution in [0.15, 0.2) is 42.5 Å². The van der Waals surface area contributed by atoms with Gasteiger partial charge in [0.2, 0.25) is 0 Å². The number of rotatable bonds is 12. The molecule has 3 aromatic rings. The van der Waals surface area contributed by atoms with Gasteiger partial charge in [-0.05, 0) is 80.0 Å². The van der Waals surface area contributed by atoms with E-state index in [9.17, 15) is 14.7 Å². The van der Waals surface area contributed by atoms with Crippen LogP contribution in [0.4, 0.5) is 4.79 Å². The van der Waals surface area contributed by atoms with Crippen LogP contribution in [0.2, 0.25) is 0 Å².